The molecule has 2 aromatic rings. The lowest BCUT2D eigenvalue weighted by molar-refractivity contribution is 0.0471. The maximum atomic E-state index is 13.2. The molecule has 0 unspecified atom stereocenters. The molecule has 0 aromatic heterocycles. The third-order valence-electron chi connectivity index (χ3n) is 2.56. The van der Waals surface area contributed by atoms with E-state index in [2.05, 4.69) is 15.9 Å². The molecule has 0 spiro atoms. The molecule has 0 heterocycles. The number of halogens is 3. The average molecular weight is 359 g/mol. The quantitative estimate of drug-likeness (QED) is 0.661. The topological polar surface area (TPSA) is 52.3 Å². The summed E-state index contributed by atoms with van der Waals surface area (Å²) >= 11 is 8.82. The Bertz CT molecular complexity index is 664. The monoisotopic (exact) mass is 357 g/mol. The first-order valence-electron chi connectivity index (χ1n) is 5.63. The number of ether oxygens (including phenoxy) is 1. The van der Waals surface area contributed by atoms with Crippen molar-refractivity contribution in [3.63, 3.8) is 0 Å². The van der Waals surface area contributed by atoms with Gasteiger partial charge in [0.05, 0.1) is 10.6 Å². The van der Waals surface area contributed by atoms with Crippen molar-refractivity contribution in [1.29, 1.82) is 0 Å². The van der Waals surface area contributed by atoms with Gasteiger partial charge in [0.1, 0.15) is 12.4 Å². The summed E-state index contributed by atoms with van der Waals surface area (Å²) in [5.41, 5.74) is 6.91. The fraction of sp³-hybridized carbons (Fsp3) is 0.0714. The molecule has 0 saturated carbocycles. The highest BCUT2D eigenvalue weighted by Gasteiger charge is 2.12. The molecular weight excluding hydrogens is 349 g/mol. The van der Waals surface area contributed by atoms with Crippen LogP contribution in [0.4, 0.5) is 10.1 Å². The summed E-state index contributed by atoms with van der Waals surface area (Å²) in [6.45, 7) is -0.0475. The van der Waals surface area contributed by atoms with Gasteiger partial charge in [0, 0.05) is 10.2 Å². The second-order valence-corrected chi connectivity index (χ2v) is 5.33. The maximum Gasteiger partial charge on any atom is 0.339 e. The predicted molar refractivity (Wildman–Crippen MR) is 79.1 cm³/mol. The van der Waals surface area contributed by atoms with Gasteiger partial charge in [0.15, 0.2) is 0 Å². The lowest BCUT2D eigenvalue weighted by Gasteiger charge is -2.07. The summed E-state index contributed by atoms with van der Waals surface area (Å²) in [5, 5.41) is 0.0265. The Morgan fingerprint density at radius 2 is 2.05 bits per heavy atom. The van der Waals surface area contributed by atoms with Crippen molar-refractivity contribution in [1.82, 2.24) is 0 Å². The zero-order valence-corrected chi connectivity index (χ0v) is 12.5. The molecule has 0 radical (unpaired) electrons. The Balaban J connectivity index is 2.08. The van der Waals surface area contributed by atoms with Gasteiger partial charge in [0.2, 0.25) is 0 Å². The highest BCUT2D eigenvalue weighted by Crippen LogP contribution is 2.21. The van der Waals surface area contributed by atoms with Crippen LogP contribution in [-0.4, -0.2) is 5.97 Å². The number of esters is 1. The van der Waals surface area contributed by atoms with Crippen molar-refractivity contribution in [2.45, 2.75) is 6.61 Å². The zero-order valence-electron chi connectivity index (χ0n) is 10.2. The van der Waals surface area contributed by atoms with Gasteiger partial charge in [-0.1, -0.05) is 17.7 Å². The van der Waals surface area contributed by atoms with E-state index in [0.29, 0.717) is 21.3 Å². The standard InChI is InChI=1S/C14H10BrClFNO2/c15-11-3-2-9(18)6-10(11)14(19)20-7-8-1-4-12(16)13(17)5-8/h1-6H,7,18H2. The Kier molecular flexibility index (Phi) is 4.62. The number of nitrogen functional groups attached to an aromatic ring is 1. The highest BCUT2D eigenvalue weighted by atomic mass is 79.9. The van der Waals surface area contributed by atoms with E-state index in [4.69, 9.17) is 22.1 Å². The van der Waals surface area contributed by atoms with Gasteiger partial charge < -0.3 is 10.5 Å². The van der Waals surface area contributed by atoms with Crippen LogP contribution >= 0.6 is 27.5 Å². The molecular formula is C14H10BrClFNO2. The van der Waals surface area contributed by atoms with Crippen LogP contribution in [0, 0.1) is 5.82 Å². The Labute approximate surface area is 128 Å². The highest BCUT2D eigenvalue weighted by molar-refractivity contribution is 9.10. The van der Waals surface area contributed by atoms with Crippen LogP contribution in [0.3, 0.4) is 0 Å². The van der Waals surface area contributed by atoms with Crippen LogP contribution in [0.15, 0.2) is 40.9 Å². The number of hydrogen-bond acceptors (Lipinski definition) is 3. The number of nitrogens with two attached hydrogens (primary N) is 1. The summed E-state index contributed by atoms with van der Waals surface area (Å²) in [6.07, 6.45) is 0. The van der Waals surface area contributed by atoms with Gasteiger partial charge in [0.25, 0.3) is 0 Å². The zero-order chi connectivity index (χ0) is 14.7. The second-order valence-electron chi connectivity index (χ2n) is 4.06. The molecule has 3 nitrogen and oxygen atoms in total. The SMILES string of the molecule is Nc1ccc(Br)c(C(=O)OCc2ccc(Cl)c(F)c2)c1. The van der Waals surface area contributed by atoms with Crippen LogP contribution in [0.2, 0.25) is 5.02 Å². The Morgan fingerprint density at radius 1 is 1.30 bits per heavy atom. The van der Waals surface area contributed by atoms with Crippen molar-refractivity contribution in [3.05, 3.63) is 62.8 Å². The van der Waals surface area contributed by atoms with E-state index >= 15 is 0 Å². The summed E-state index contributed by atoms with van der Waals surface area (Å²) in [5.74, 6) is -1.09. The minimum absolute atomic E-state index is 0.0265. The lowest BCUT2D eigenvalue weighted by atomic mass is 10.2. The van der Waals surface area contributed by atoms with E-state index in [0.717, 1.165) is 0 Å². The van der Waals surface area contributed by atoms with Gasteiger partial charge in [-0.15, -0.1) is 0 Å². The molecule has 6 heteroatoms. The van der Waals surface area contributed by atoms with Crippen molar-refractivity contribution in [3.8, 4) is 0 Å². The van der Waals surface area contributed by atoms with Crippen molar-refractivity contribution in [2.75, 3.05) is 5.73 Å². The fourth-order valence-electron chi connectivity index (χ4n) is 1.56. The van der Waals surface area contributed by atoms with E-state index in [1.165, 1.54) is 18.2 Å². The van der Waals surface area contributed by atoms with Crippen molar-refractivity contribution in [2.24, 2.45) is 0 Å². The molecule has 0 aliphatic carbocycles. The van der Waals surface area contributed by atoms with Crippen LogP contribution in [0.25, 0.3) is 0 Å². The fourth-order valence-corrected chi connectivity index (χ4v) is 2.08. The Morgan fingerprint density at radius 3 is 2.75 bits per heavy atom. The number of benzene rings is 2. The molecule has 0 aliphatic rings. The second kappa shape index (κ2) is 6.24. The molecule has 2 rings (SSSR count). The molecule has 0 amide bonds. The molecule has 104 valence electrons. The van der Waals surface area contributed by atoms with Gasteiger partial charge >= 0.3 is 5.97 Å². The van der Waals surface area contributed by atoms with Crippen LogP contribution in [0.5, 0.6) is 0 Å². The molecule has 0 fully saturated rings. The summed E-state index contributed by atoms with van der Waals surface area (Å²) in [7, 11) is 0. The minimum atomic E-state index is -0.551. The molecule has 2 N–H and O–H groups in total. The first-order chi connectivity index (χ1) is 9.47. The maximum absolute atomic E-state index is 13.2. The smallest absolute Gasteiger partial charge is 0.339 e. The number of hydrogen-bond donors (Lipinski definition) is 1. The minimum Gasteiger partial charge on any atom is -0.457 e. The van der Waals surface area contributed by atoms with Crippen molar-refractivity contribution >= 4 is 39.2 Å². The molecule has 0 aliphatic heterocycles. The summed E-state index contributed by atoms with van der Waals surface area (Å²) < 4.78 is 18.9. The third-order valence-corrected chi connectivity index (χ3v) is 3.56. The largest absolute Gasteiger partial charge is 0.457 e. The van der Waals surface area contributed by atoms with E-state index in [1.54, 1.807) is 18.2 Å². The molecule has 20 heavy (non-hydrogen) atoms. The van der Waals surface area contributed by atoms with Gasteiger partial charge in [-0.2, -0.15) is 0 Å². The number of anilines is 1. The van der Waals surface area contributed by atoms with Crippen LogP contribution < -0.4 is 5.73 Å². The molecule has 2 aromatic carbocycles. The number of carbonyl (C=O) groups is 1. The van der Waals surface area contributed by atoms with Crippen LogP contribution in [0.1, 0.15) is 15.9 Å². The third kappa shape index (κ3) is 3.49. The summed E-state index contributed by atoms with van der Waals surface area (Å²) in [4.78, 5) is 11.9. The van der Waals surface area contributed by atoms with E-state index in [1.807, 2.05) is 0 Å². The van der Waals surface area contributed by atoms with Gasteiger partial charge in [-0.3, -0.25) is 0 Å². The van der Waals surface area contributed by atoms with Gasteiger partial charge in [-0.05, 0) is 51.8 Å². The van der Waals surface area contributed by atoms with Gasteiger partial charge in [-0.25, -0.2) is 9.18 Å². The predicted octanol–water partition coefficient (Wildman–Crippen LogP) is 4.18. The van der Waals surface area contributed by atoms with E-state index < -0.39 is 11.8 Å². The lowest BCUT2D eigenvalue weighted by Crippen LogP contribution is -2.07. The van der Waals surface area contributed by atoms with Crippen LogP contribution in [-0.2, 0) is 11.3 Å². The first kappa shape index (κ1) is 14.8. The molecule has 0 bridgehead atoms. The van der Waals surface area contributed by atoms with E-state index in [9.17, 15) is 9.18 Å². The molecule has 0 saturated heterocycles. The first-order valence-corrected chi connectivity index (χ1v) is 6.80. The van der Waals surface area contributed by atoms with E-state index in [-0.39, 0.29) is 11.6 Å². The Hall–Kier alpha value is -1.59. The number of rotatable bonds is 3. The summed E-state index contributed by atoms with van der Waals surface area (Å²) in [6, 6.07) is 9.06. The number of carbonyl (C=O) groups excluding carboxylic acids is 1. The average Bonchev–Trinajstić information content (AvgIpc) is 2.42. The van der Waals surface area contributed by atoms with Crippen molar-refractivity contribution < 1.29 is 13.9 Å². The normalized spacial score (nSPS) is 10.3. The molecule has 0 atom stereocenters.